The number of aromatic nitrogens is 3. The van der Waals surface area contributed by atoms with Gasteiger partial charge in [-0.3, -0.25) is 9.80 Å². The molecule has 0 radical (unpaired) electrons. The third-order valence-corrected chi connectivity index (χ3v) is 5.54. The van der Waals surface area contributed by atoms with E-state index < -0.39 is 25.4 Å². The zero-order valence-electron chi connectivity index (χ0n) is 16.1. The molecule has 1 aromatic carbocycles. The van der Waals surface area contributed by atoms with E-state index in [2.05, 4.69) is 9.97 Å². The molecule has 3 aromatic rings. The van der Waals surface area contributed by atoms with Crippen LogP contribution in [0.5, 0.6) is 0 Å². The Hall–Kier alpha value is -2.11. The molecule has 4 rings (SSSR count). The number of hydrogen-bond acceptors (Lipinski definition) is 4. The summed E-state index contributed by atoms with van der Waals surface area (Å²) in [4.78, 5) is 11.3. The van der Waals surface area contributed by atoms with Crippen molar-refractivity contribution in [3.8, 4) is 0 Å². The van der Waals surface area contributed by atoms with Gasteiger partial charge in [-0.15, -0.1) is 0 Å². The van der Waals surface area contributed by atoms with Gasteiger partial charge in [0.1, 0.15) is 23.9 Å². The average Bonchev–Trinajstić information content (AvgIpc) is 2.95. The van der Waals surface area contributed by atoms with E-state index >= 15 is 0 Å². The predicted molar refractivity (Wildman–Crippen MR) is 104 cm³/mol. The summed E-state index contributed by atoms with van der Waals surface area (Å²) in [5.41, 5.74) is 1.62. The topological polar surface area (TPSA) is 37.2 Å². The Morgan fingerprint density at radius 3 is 2.16 bits per heavy atom. The first-order valence-electron chi connectivity index (χ1n) is 9.50. The van der Waals surface area contributed by atoms with Crippen molar-refractivity contribution in [3.63, 3.8) is 0 Å². The van der Waals surface area contributed by atoms with Crippen LogP contribution in [0.25, 0.3) is 21.9 Å². The normalized spacial score (nSPS) is 17.1. The van der Waals surface area contributed by atoms with E-state index in [1.807, 2.05) is 4.90 Å². The highest BCUT2D eigenvalue weighted by atomic mass is 35.5. The lowest BCUT2D eigenvalue weighted by Gasteiger charge is -2.35. The summed E-state index contributed by atoms with van der Waals surface area (Å²) in [6.45, 7) is -0.131. The van der Waals surface area contributed by atoms with Gasteiger partial charge in [0.15, 0.2) is 5.15 Å². The lowest BCUT2D eigenvalue weighted by Crippen LogP contribution is -2.48. The summed E-state index contributed by atoms with van der Waals surface area (Å²) in [5, 5.41) is 0.463. The molecule has 0 N–H and O–H groups in total. The monoisotopic (exact) mass is 465 g/mol. The Bertz CT molecular complexity index is 1090. The van der Waals surface area contributed by atoms with E-state index in [1.54, 1.807) is 18.2 Å². The van der Waals surface area contributed by atoms with Crippen LogP contribution in [0.3, 0.4) is 0 Å². The van der Waals surface area contributed by atoms with Gasteiger partial charge in [0, 0.05) is 38.1 Å². The summed E-state index contributed by atoms with van der Waals surface area (Å²) < 4.78 is 78.1. The van der Waals surface area contributed by atoms with Gasteiger partial charge < -0.3 is 4.57 Å². The summed E-state index contributed by atoms with van der Waals surface area (Å²) in [6, 6.07) is 5.07. The van der Waals surface area contributed by atoms with Crippen molar-refractivity contribution in [1.29, 1.82) is 0 Å². The number of alkyl halides is 6. The predicted octanol–water partition coefficient (Wildman–Crippen LogP) is 4.48. The number of nitrogens with zero attached hydrogens (tertiary/aromatic N) is 5. The molecule has 168 valence electrons. The molecule has 0 unspecified atom stereocenters. The maximum Gasteiger partial charge on any atom is 0.406 e. The van der Waals surface area contributed by atoms with Crippen LogP contribution in [-0.4, -0.2) is 69.4 Å². The molecule has 2 aromatic heterocycles. The van der Waals surface area contributed by atoms with Crippen LogP contribution in [0.2, 0.25) is 5.15 Å². The molecule has 1 fully saturated rings. The second-order valence-electron chi connectivity index (χ2n) is 7.58. The van der Waals surface area contributed by atoms with E-state index in [0.717, 1.165) is 10.1 Å². The molecule has 31 heavy (non-hydrogen) atoms. The Labute approximate surface area is 178 Å². The molecule has 0 aliphatic carbocycles. The van der Waals surface area contributed by atoms with Gasteiger partial charge >= 0.3 is 12.4 Å². The Kier molecular flexibility index (Phi) is 5.78. The summed E-state index contributed by atoms with van der Waals surface area (Å²) in [6.07, 6.45) is -7.47. The molecule has 1 aliphatic rings. The lowest BCUT2D eigenvalue weighted by molar-refractivity contribution is -0.149. The van der Waals surface area contributed by atoms with Crippen molar-refractivity contribution in [2.45, 2.75) is 25.4 Å². The standard InChI is InChI=1S/C19H18ClF6N5/c20-17-16-15(27-11-28-17)13-7-12(1-2-14(13)31(16)10-19(24,25)26)8-29-3-5-30(6-4-29)9-18(21,22)23/h1-2,7,11H,3-6,8-10H2. The third-order valence-electron chi connectivity index (χ3n) is 5.27. The summed E-state index contributed by atoms with van der Waals surface area (Å²) in [7, 11) is 0. The Morgan fingerprint density at radius 2 is 1.52 bits per heavy atom. The van der Waals surface area contributed by atoms with E-state index in [9.17, 15) is 26.3 Å². The van der Waals surface area contributed by atoms with Gasteiger partial charge in [-0.05, 0) is 17.7 Å². The number of fused-ring (bicyclic) bond motifs is 3. The second-order valence-corrected chi connectivity index (χ2v) is 7.94. The molecular formula is C19H18ClF6N5. The van der Waals surface area contributed by atoms with Crippen molar-refractivity contribution >= 4 is 33.5 Å². The number of piperazine rings is 1. The average molecular weight is 466 g/mol. The number of halogens is 7. The van der Waals surface area contributed by atoms with Gasteiger partial charge in [-0.1, -0.05) is 17.7 Å². The maximum absolute atomic E-state index is 13.1. The third kappa shape index (κ3) is 5.04. The molecular weight excluding hydrogens is 448 g/mol. The van der Waals surface area contributed by atoms with E-state index in [4.69, 9.17) is 11.6 Å². The van der Waals surface area contributed by atoms with Crippen LogP contribution in [0.1, 0.15) is 5.56 Å². The molecule has 0 bridgehead atoms. The van der Waals surface area contributed by atoms with Crippen molar-refractivity contribution in [2.75, 3.05) is 32.7 Å². The minimum absolute atomic E-state index is 0.0622. The smallest absolute Gasteiger partial charge is 0.327 e. The van der Waals surface area contributed by atoms with Crippen LogP contribution in [0, 0.1) is 0 Å². The second kappa shape index (κ2) is 8.10. The van der Waals surface area contributed by atoms with Gasteiger partial charge in [0.25, 0.3) is 0 Å². The molecule has 12 heteroatoms. The lowest BCUT2D eigenvalue weighted by atomic mass is 10.1. The van der Waals surface area contributed by atoms with Crippen molar-refractivity contribution in [3.05, 3.63) is 35.2 Å². The van der Waals surface area contributed by atoms with E-state index in [-0.39, 0.29) is 10.7 Å². The van der Waals surface area contributed by atoms with Crippen molar-refractivity contribution < 1.29 is 26.3 Å². The van der Waals surface area contributed by atoms with E-state index in [0.29, 0.717) is 49.1 Å². The van der Waals surface area contributed by atoms with Crippen LogP contribution in [0.15, 0.2) is 24.5 Å². The van der Waals surface area contributed by atoms with Crippen molar-refractivity contribution in [2.24, 2.45) is 0 Å². The quantitative estimate of drug-likeness (QED) is 0.420. The highest BCUT2D eigenvalue weighted by molar-refractivity contribution is 6.34. The first-order valence-corrected chi connectivity index (χ1v) is 9.87. The van der Waals surface area contributed by atoms with E-state index in [1.165, 1.54) is 11.2 Å². The van der Waals surface area contributed by atoms with Crippen LogP contribution < -0.4 is 0 Å². The largest absolute Gasteiger partial charge is 0.406 e. The van der Waals surface area contributed by atoms with Crippen LogP contribution >= 0.6 is 11.6 Å². The molecule has 1 saturated heterocycles. The van der Waals surface area contributed by atoms with Gasteiger partial charge in [0.05, 0.1) is 12.1 Å². The number of hydrogen-bond donors (Lipinski definition) is 0. The zero-order chi connectivity index (χ0) is 22.4. The maximum atomic E-state index is 13.1. The highest BCUT2D eigenvalue weighted by Gasteiger charge is 2.33. The number of rotatable bonds is 4. The number of benzene rings is 1. The molecule has 3 heterocycles. The first kappa shape index (κ1) is 22.1. The fourth-order valence-corrected chi connectivity index (χ4v) is 4.22. The first-order chi connectivity index (χ1) is 14.5. The molecule has 0 amide bonds. The molecule has 0 saturated carbocycles. The van der Waals surface area contributed by atoms with Gasteiger partial charge in [-0.25, -0.2) is 9.97 Å². The molecule has 5 nitrogen and oxygen atoms in total. The summed E-state index contributed by atoms with van der Waals surface area (Å²) in [5.74, 6) is 0. The fraction of sp³-hybridized carbons (Fsp3) is 0.474. The zero-order valence-corrected chi connectivity index (χ0v) is 16.9. The van der Waals surface area contributed by atoms with Gasteiger partial charge in [0.2, 0.25) is 0 Å². The molecule has 0 atom stereocenters. The highest BCUT2D eigenvalue weighted by Crippen LogP contribution is 2.34. The molecule has 1 aliphatic heterocycles. The minimum Gasteiger partial charge on any atom is -0.327 e. The SMILES string of the molecule is FC(F)(F)CN1CCN(Cc2ccc3c(c2)c2ncnc(Cl)c2n3CC(F)(F)F)CC1. The Morgan fingerprint density at radius 1 is 0.871 bits per heavy atom. The molecule has 0 spiro atoms. The summed E-state index contributed by atoms with van der Waals surface area (Å²) >= 11 is 6.09. The van der Waals surface area contributed by atoms with Crippen molar-refractivity contribution in [1.82, 2.24) is 24.3 Å². The van der Waals surface area contributed by atoms with Gasteiger partial charge in [-0.2, -0.15) is 26.3 Å². The van der Waals surface area contributed by atoms with Crippen LogP contribution in [-0.2, 0) is 13.1 Å². The minimum atomic E-state index is -4.45. The fourth-order valence-electron chi connectivity index (χ4n) is 3.98. The van der Waals surface area contributed by atoms with Crippen LogP contribution in [0.4, 0.5) is 26.3 Å². The Balaban J connectivity index is 1.59.